The summed E-state index contributed by atoms with van der Waals surface area (Å²) in [5.74, 6) is -0.260. The summed E-state index contributed by atoms with van der Waals surface area (Å²) >= 11 is 0. The zero-order valence-electron chi connectivity index (χ0n) is 12.9. The molecule has 21 heavy (non-hydrogen) atoms. The van der Waals surface area contributed by atoms with E-state index in [0.717, 1.165) is 5.56 Å². The molecule has 4 N–H and O–H groups in total. The maximum Gasteiger partial charge on any atom is 0.238 e. The van der Waals surface area contributed by atoms with Gasteiger partial charge in [0.05, 0.1) is 24.5 Å². The van der Waals surface area contributed by atoms with Crippen LogP contribution in [0.2, 0.25) is 0 Å². The van der Waals surface area contributed by atoms with E-state index in [1.807, 2.05) is 32.9 Å². The summed E-state index contributed by atoms with van der Waals surface area (Å²) < 4.78 is 0. The molecule has 116 valence electrons. The van der Waals surface area contributed by atoms with Crippen LogP contribution in [0, 0.1) is 6.92 Å². The minimum Gasteiger partial charge on any atom is -0.397 e. The lowest BCUT2D eigenvalue weighted by atomic mass is 10.1. The lowest BCUT2D eigenvalue weighted by molar-refractivity contribution is -0.123. The van der Waals surface area contributed by atoms with Crippen molar-refractivity contribution in [3.63, 3.8) is 0 Å². The Balaban J connectivity index is 2.61. The molecule has 0 aliphatic rings. The van der Waals surface area contributed by atoms with Crippen LogP contribution in [0.3, 0.4) is 0 Å². The van der Waals surface area contributed by atoms with Gasteiger partial charge in [0.15, 0.2) is 0 Å². The van der Waals surface area contributed by atoms with Crippen LogP contribution in [0.1, 0.15) is 19.4 Å². The summed E-state index contributed by atoms with van der Waals surface area (Å²) in [6, 6.07) is 5.47. The van der Waals surface area contributed by atoms with Gasteiger partial charge in [-0.2, -0.15) is 0 Å². The van der Waals surface area contributed by atoms with E-state index in [2.05, 4.69) is 10.6 Å². The van der Waals surface area contributed by atoms with Crippen molar-refractivity contribution < 1.29 is 9.59 Å². The fourth-order valence-corrected chi connectivity index (χ4v) is 1.98. The number of hydrogen-bond acceptors (Lipinski definition) is 4. The van der Waals surface area contributed by atoms with E-state index in [1.165, 1.54) is 0 Å². The first-order valence-corrected chi connectivity index (χ1v) is 7.11. The summed E-state index contributed by atoms with van der Waals surface area (Å²) in [6.45, 7) is 7.23. The summed E-state index contributed by atoms with van der Waals surface area (Å²) in [6.07, 6.45) is 0. The van der Waals surface area contributed by atoms with Crippen molar-refractivity contribution in [3.05, 3.63) is 23.8 Å². The first-order valence-electron chi connectivity index (χ1n) is 7.11. The maximum absolute atomic E-state index is 12.1. The minimum atomic E-state index is -0.179. The number of likely N-dealkylation sites (N-methyl/N-ethyl adjacent to an activating group) is 2. The fourth-order valence-electron chi connectivity index (χ4n) is 1.98. The second-order valence-corrected chi connectivity index (χ2v) is 4.84. The third-order valence-corrected chi connectivity index (χ3v) is 3.13. The lowest BCUT2D eigenvalue weighted by Gasteiger charge is -2.20. The van der Waals surface area contributed by atoms with Gasteiger partial charge in [0.2, 0.25) is 11.8 Å². The van der Waals surface area contributed by atoms with Crippen molar-refractivity contribution in [1.82, 2.24) is 10.2 Å². The van der Waals surface area contributed by atoms with Crippen LogP contribution in [0.4, 0.5) is 11.4 Å². The molecule has 0 aliphatic carbocycles. The Bertz CT molecular complexity index is 482. The molecule has 0 unspecified atom stereocenters. The van der Waals surface area contributed by atoms with Gasteiger partial charge in [-0.05, 0) is 32.0 Å². The molecule has 2 amide bonds. The molecule has 6 nitrogen and oxygen atoms in total. The molecule has 0 fully saturated rings. The Hall–Kier alpha value is -2.08. The first kappa shape index (κ1) is 17.0. The SMILES string of the molecule is CCNC(=O)CN(CC)CC(=O)Nc1c(C)cccc1N. The van der Waals surface area contributed by atoms with Crippen LogP contribution < -0.4 is 16.4 Å². The van der Waals surface area contributed by atoms with Crippen molar-refractivity contribution in [2.24, 2.45) is 0 Å². The molecule has 1 aromatic rings. The Labute approximate surface area is 125 Å². The average molecular weight is 292 g/mol. The van der Waals surface area contributed by atoms with Crippen molar-refractivity contribution in [2.45, 2.75) is 20.8 Å². The van der Waals surface area contributed by atoms with Gasteiger partial charge in [0.1, 0.15) is 0 Å². The summed E-state index contributed by atoms with van der Waals surface area (Å²) in [4.78, 5) is 25.4. The maximum atomic E-state index is 12.1. The number of nitrogens with one attached hydrogen (secondary N) is 2. The van der Waals surface area contributed by atoms with E-state index >= 15 is 0 Å². The van der Waals surface area contributed by atoms with Crippen LogP contribution in [0.15, 0.2) is 18.2 Å². The number of hydrogen-bond donors (Lipinski definition) is 3. The molecule has 0 saturated carbocycles. The molecular formula is C15H24N4O2. The largest absolute Gasteiger partial charge is 0.397 e. The Kier molecular flexibility index (Phi) is 6.68. The van der Waals surface area contributed by atoms with Crippen molar-refractivity contribution >= 4 is 23.2 Å². The van der Waals surface area contributed by atoms with E-state index < -0.39 is 0 Å². The zero-order chi connectivity index (χ0) is 15.8. The van der Waals surface area contributed by atoms with Gasteiger partial charge in [0.25, 0.3) is 0 Å². The molecule has 0 spiro atoms. The number of amides is 2. The van der Waals surface area contributed by atoms with Crippen LogP contribution >= 0.6 is 0 Å². The molecular weight excluding hydrogens is 268 g/mol. The number of nitrogen functional groups attached to an aromatic ring is 1. The number of carbonyl (C=O) groups excluding carboxylic acids is 2. The van der Waals surface area contributed by atoms with E-state index in [0.29, 0.717) is 24.5 Å². The smallest absolute Gasteiger partial charge is 0.238 e. The highest BCUT2D eigenvalue weighted by Crippen LogP contribution is 2.22. The predicted octanol–water partition coefficient (Wildman–Crippen LogP) is 0.974. The van der Waals surface area contributed by atoms with Gasteiger partial charge in [0, 0.05) is 6.54 Å². The highest BCUT2D eigenvalue weighted by atomic mass is 16.2. The van der Waals surface area contributed by atoms with Gasteiger partial charge >= 0.3 is 0 Å². The van der Waals surface area contributed by atoms with E-state index in [4.69, 9.17) is 5.73 Å². The molecule has 1 aromatic carbocycles. The Morgan fingerprint density at radius 3 is 2.43 bits per heavy atom. The minimum absolute atomic E-state index is 0.0810. The van der Waals surface area contributed by atoms with Crippen molar-refractivity contribution in [3.8, 4) is 0 Å². The van der Waals surface area contributed by atoms with Crippen LogP contribution in [-0.2, 0) is 9.59 Å². The molecule has 6 heteroatoms. The van der Waals surface area contributed by atoms with Crippen LogP contribution in [0.5, 0.6) is 0 Å². The van der Waals surface area contributed by atoms with Crippen LogP contribution in [0.25, 0.3) is 0 Å². The molecule has 0 bridgehead atoms. The average Bonchev–Trinajstić information content (AvgIpc) is 2.42. The lowest BCUT2D eigenvalue weighted by Crippen LogP contribution is -2.41. The number of nitrogens with two attached hydrogens (primary N) is 1. The van der Waals surface area contributed by atoms with Gasteiger partial charge in [-0.1, -0.05) is 19.1 Å². The second kappa shape index (κ2) is 8.26. The topological polar surface area (TPSA) is 87.5 Å². The highest BCUT2D eigenvalue weighted by molar-refractivity contribution is 5.96. The molecule has 1 rings (SSSR count). The number of nitrogens with zero attached hydrogens (tertiary/aromatic N) is 1. The number of anilines is 2. The summed E-state index contributed by atoms with van der Waals surface area (Å²) in [7, 11) is 0. The number of benzene rings is 1. The molecule has 0 saturated heterocycles. The zero-order valence-corrected chi connectivity index (χ0v) is 12.9. The van der Waals surface area contributed by atoms with Gasteiger partial charge in [-0.15, -0.1) is 0 Å². The quantitative estimate of drug-likeness (QED) is 0.654. The number of carbonyl (C=O) groups is 2. The standard InChI is InChI=1S/C15H24N4O2/c1-4-17-13(20)9-19(5-2)10-14(21)18-15-11(3)7-6-8-12(15)16/h6-8H,4-5,9-10,16H2,1-3H3,(H,17,20)(H,18,21). The fraction of sp³-hybridized carbons (Fsp3) is 0.467. The monoisotopic (exact) mass is 292 g/mol. The Morgan fingerprint density at radius 2 is 1.86 bits per heavy atom. The number of rotatable bonds is 7. The summed E-state index contributed by atoms with van der Waals surface area (Å²) in [5.41, 5.74) is 7.95. The van der Waals surface area contributed by atoms with Crippen molar-refractivity contribution in [2.75, 3.05) is 37.2 Å². The molecule has 0 aromatic heterocycles. The molecule has 0 aliphatic heterocycles. The van der Waals surface area contributed by atoms with E-state index in [9.17, 15) is 9.59 Å². The normalized spacial score (nSPS) is 10.5. The van der Waals surface area contributed by atoms with Gasteiger partial charge < -0.3 is 16.4 Å². The number of para-hydroxylation sites is 1. The first-order chi connectivity index (χ1) is 9.97. The number of aryl methyl sites for hydroxylation is 1. The predicted molar refractivity (Wildman–Crippen MR) is 85.0 cm³/mol. The van der Waals surface area contributed by atoms with Crippen molar-refractivity contribution in [1.29, 1.82) is 0 Å². The molecule has 0 radical (unpaired) electrons. The molecule has 0 atom stereocenters. The highest BCUT2D eigenvalue weighted by Gasteiger charge is 2.14. The van der Waals surface area contributed by atoms with E-state index in [1.54, 1.807) is 11.0 Å². The third kappa shape index (κ3) is 5.43. The van der Waals surface area contributed by atoms with Crippen LogP contribution in [-0.4, -0.2) is 42.9 Å². The summed E-state index contributed by atoms with van der Waals surface area (Å²) in [5, 5.41) is 5.53. The third-order valence-electron chi connectivity index (χ3n) is 3.13. The Morgan fingerprint density at radius 1 is 1.19 bits per heavy atom. The van der Waals surface area contributed by atoms with Gasteiger partial charge in [-0.25, -0.2) is 0 Å². The van der Waals surface area contributed by atoms with E-state index in [-0.39, 0.29) is 24.9 Å². The van der Waals surface area contributed by atoms with Gasteiger partial charge in [-0.3, -0.25) is 14.5 Å². The second-order valence-electron chi connectivity index (χ2n) is 4.84. The molecule has 0 heterocycles.